The highest BCUT2D eigenvalue weighted by molar-refractivity contribution is 5.50. The van der Waals surface area contributed by atoms with Gasteiger partial charge in [-0.2, -0.15) is 0 Å². The van der Waals surface area contributed by atoms with Crippen LogP contribution in [-0.4, -0.2) is 40.7 Å². The van der Waals surface area contributed by atoms with Crippen LogP contribution in [0.5, 0.6) is 0 Å². The minimum Gasteiger partial charge on any atom is -0.378 e. The molecule has 78 valence electrons. The molecule has 0 amide bonds. The molecule has 1 aliphatic heterocycles. The number of aromatic nitrogens is 3. The van der Waals surface area contributed by atoms with E-state index in [9.17, 15) is 0 Å². The summed E-state index contributed by atoms with van der Waals surface area (Å²) in [5, 5.41) is 0. The minimum absolute atomic E-state index is 0.779. The molecule has 0 radical (unpaired) electrons. The van der Waals surface area contributed by atoms with E-state index in [4.69, 9.17) is 4.74 Å². The van der Waals surface area contributed by atoms with Gasteiger partial charge in [-0.05, 0) is 0 Å². The third kappa shape index (κ3) is 1.55. The molecule has 0 aliphatic carbocycles. The average Bonchev–Trinajstić information content (AvgIpc) is 2.77. The van der Waals surface area contributed by atoms with Crippen LogP contribution in [0.15, 0.2) is 24.8 Å². The van der Waals surface area contributed by atoms with E-state index in [1.807, 2.05) is 16.7 Å². The highest BCUT2D eigenvalue weighted by Gasteiger charge is 2.12. The second-order valence-electron chi connectivity index (χ2n) is 3.54. The van der Waals surface area contributed by atoms with E-state index >= 15 is 0 Å². The van der Waals surface area contributed by atoms with Crippen LogP contribution in [0, 0.1) is 0 Å². The fourth-order valence-electron chi connectivity index (χ4n) is 1.77. The number of hydrogen-bond donors (Lipinski definition) is 0. The van der Waals surface area contributed by atoms with Gasteiger partial charge in [-0.3, -0.25) is 4.40 Å². The van der Waals surface area contributed by atoms with Crippen molar-refractivity contribution in [3.8, 4) is 0 Å². The lowest BCUT2D eigenvalue weighted by Gasteiger charge is -2.27. The summed E-state index contributed by atoms with van der Waals surface area (Å²) in [4.78, 5) is 10.9. The van der Waals surface area contributed by atoms with Gasteiger partial charge in [0.25, 0.3) is 0 Å². The quantitative estimate of drug-likeness (QED) is 0.681. The molecule has 2 aromatic rings. The molecule has 0 unspecified atom stereocenters. The average molecular weight is 204 g/mol. The summed E-state index contributed by atoms with van der Waals surface area (Å²) >= 11 is 0. The van der Waals surface area contributed by atoms with Gasteiger partial charge >= 0.3 is 0 Å². The SMILES string of the molecule is c1cn2cnc(N3CCOCC3)cc2n1. The fraction of sp³-hybridized carbons (Fsp3) is 0.400. The summed E-state index contributed by atoms with van der Waals surface area (Å²) in [6, 6.07) is 2.01. The zero-order chi connectivity index (χ0) is 10.1. The third-order valence-electron chi connectivity index (χ3n) is 2.61. The Hall–Kier alpha value is -1.62. The number of fused-ring (bicyclic) bond motifs is 1. The van der Waals surface area contributed by atoms with E-state index in [1.165, 1.54) is 0 Å². The van der Waals surface area contributed by atoms with Gasteiger partial charge in [-0.15, -0.1) is 0 Å². The van der Waals surface area contributed by atoms with Crippen molar-refractivity contribution in [2.24, 2.45) is 0 Å². The first-order chi connectivity index (χ1) is 7.43. The number of imidazole rings is 1. The number of nitrogens with zero attached hydrogens (tertiary/aromatic N) is 4. The molecule has 0 aromatic carbocycles. The second kappa shape index (κ2) is 3.51. The minimum atomic E-state index is 0.779. The number of ether oxygens (including phenoxy) is 1. The molecule has 1 saturated heterocycles. The van der Waals surface area contributed by atoms with Crippen molar-refractivity contribution in [1.82, 2.24) is 14.4 Å². The first-order valence-corrected chi connectivity index (χ1v) is 5.05. The Morgan fingerprint density at radius 3 is 2.93 bits per heavy atom. The molecule has 1 fully saturated rings. The Labute approximate surface area is 87.3 Å². The van der Waals surface area contributed by atoms with Gasteiger partial charge in [0, 0.05) is 31.5 Å². The van der Waals surface area contributed by atoms with Crippen LogP contribution >= 0.6 is 0 Å². The number of anilines is 1. The van der Waals surface area contributed by atoms with E-state index in [-0.39, 0.29) is 0 Å². The van der Waals surface area contributed by atoms with Gasteiger partial charge in [0.1, 0.15) is 17.8 Å². The molecule has 0 spiro atoms. The summed E-state index contributed by atoms with van der Waals surface area (Å²) in [7, 11) is 0. The smallest absolute Gasteiger partial charge is 0.141 e. The van der Waals surface area contributed by atoms with Crippen LogP contribution in [0.3, 0.4) is 0 Å². The van der Waals surface area contributed by atoms with Crippen molar-refractivity contribution >= 4 is 11.5 Å². The molecule has 0 atom stereocenters. The lowest BCUT2D eigenvalue weighted by molar-refractivity contribution is 0.122. The van der Waals surface area contributed by atoms with Crippen molar-refractivity contribution in [3.05, 3.63) is 24.8 Å². The number of hydrogen-bond acceptors (Lipinski definition) is 4. The first kappa shape index (κ1) is 8.67. The molecule has 0 N–H and O–H groups in total. The van der Waals surface area contributed by atoms with Crippen molar-refractivity contribution < 1.29 is 4.74 Å². The summed E-state index contributed by atoms with van der Waals surface area (Å²) in [5.41, 5.74) is 0.937. The Morgan fingerprint density at radius 2 is 2.07 bits per heavy atom. The van der Waals surface area contributed by atoms with E-state index in [0.717, 1.165) is 37.8 Å². The molecule has 3 heterocycles. The number of morpholine rings is 1. The molecule has 5 heteroatoms. The molecule has 0 saturated carbocycles. The maximum absolute atomic E-state index is 5.30. The van der Waals surface area contributed by atoms with Crippen LogP contribution in [-0.2, 0) is 4.74 Å². The molecular formula is C10H12N4O. The summed E-state index contributed by atoms with van der Waals surface area (Å²) in [6.45, 7) is 3.37. The summed E-state index contributed by atoms with van der Waals surface area (Å²) < 4.78 is 7.21. The lowest BCUT2D eigenvalue weighted by atomic mass is 10.4. The lowest BCUT2D eigenvalue weighted by Crippen LogP contribution is -2.36. The van der Waals surface area contributed by atoms with Gasteiger partial charge in [0.05, 0.1) is 13.2 Å². The Kier molecular flexibility index (Phi) is 2.03. The Balaban J connectivity index is 1.95. The third-order valence-corrected chi connectivity index (χ3v) is 2.61. The zero-order valence-corrected chi connectivity index (χ0v) is 8.33. The fourth-order valence-corrected chi connectivity index (χ4v) is 1.77. The Morgan fingerprint density at radius 1 is 1.20 bits per heavy atom. The van der Waals surface area contributed by atoms with Gasteiger partial charge in [-0.25, -0.2) is 9.97 Å². The predicted octanol–water partition coefficient (Wildman–Crippen LogP) is 0.566. The predicted molar refractivity (Wildman–Crippen MR) is 56.0 cm³/mol. The Bertz CT molecular complexity index is 461. The monoisotopic (exact) mass is 204 g/mol. The summed E-state index contributed by atoms with van der Waals surface area (Å²) in [5.74, 6) is 0.983. The molecule has 2 aromatic heterocycles. The van der Waals surface area contributed by atoms with Crippen molar-refractivity contribution in [2.45, 2.75) is 0 Å². The topological polar surface area (TPSA) is 42.7 Å². The second-order valence-corrected chi connectivity index (χ2v) is 3.54. The van der Waals surface area contributed by atoms with Crippen LogP contribution in [0.25, 0.3) is 5.65 Å². The van der Waals surface area contributed by atoms with Gasteiger partial charge in [-0.1, -0.05) is 0 Å². The van der Waals surface area contributed by atoms with Crippen molar-refractivity contribution in [1.29, 1.82) is 0 Å². The van der Waals surface area contributed by atoms with Crippen LogP contribution < -0.4 is 4.90 Å². The van der Waals surface area contributed by atoms with Crippen LogP contribution in [0.1, 0.15) is 0 Å². The molecule has 1 aliphatic rings. The molecule has 15 heavy (non-hydrogen) atoms. The zero-order valence-electron chi connectivity index (χ0n) is 8.33. The van der Waals surface area contributed by atoms with Crippen LogP contribution in [0.4, 0.5) is 5.82 Å². The van der Waals surface area contributed by atoms with Gasteiger partial charge in [0.2, 0.25) is 0 Å². The molecule has 3 rings (SSSR count). The maximum atomic E-state index is 5.30. The molecule has 0 bridgehead atoms. The summed E-state index contributed by atoms with van der Waals surface area (Å²) in [6.07, 6.45) is 5.47. The highest BCUT2D eigenvalue weighted by Crippen LogP contribution is 2.13. The highest BCUT2D eigenvalue weighted by atomic mass is 16.5. The number of rotatable bonds is 1. The molecule has 5 nitrogen and oxygen atoms in total. The van der Waals surface area contributed by atoms with Crippen molar-refractivity contribution in [2.75, 3.05) is 31.2 Å². The standard InChI is InChI=1S/C10H12N4O/c1-2-14-8-12-10(7-9(14)11-1)13-3-5-15-6-4-13/h1-2,7-8H,3-6H2. The maximum Gasteiger partial charge on any atom is 0.141 e. The van der Waals surface area contributed by atoms with E-state index in [2.05, 4.69) is 14.9 Å². The van der Waals surface area contributed by atoms with E-state index < -0.39 is 0 Å². The van der Waals surface area contributed by atoms with E-state index in [0.29, 0.717) is 0 Å². The van der Waals surface area contributed by atoms with Crippen molar-refractivity contribution in [3.63, 3.8) is 0 Å². The first-order valence-electron chi connectivity index (χ1n) is 5.05. The van der Waals surface area contributed by atoms with Crippen LogP contribution in [0.2, 0.25) is 0 Å². The molecular weight excluding hydrogens is 192 g/mol. The normalized spacial score (nSPS) is 17.2. The van der Waals surface area contributed by atoms with Gasteiger partial charge < -0.3 is 9.64 Å². The largest absolute Gasteiger partial charge is 0.378 e. The van der Waals surface area contributed by atoms with E-state index in [1.54, 1.807) is 12.5 Å². The van der Waals surface area contributed by atoms with Gasteiger partial charge in [0.15, 0.2) is 0 Å².